The van der Waals surface area contributed by atoms with E-state index in [1.807, 2.05) is 6.92 Å². The largest absolute Gasteiger partial charge is 0.481 e. The quantitative estimate of drug-likeness (QED) is 0.886. The van der Waals surface area contributed by atoms with Crippen molar-refractivity contribution in [3.05, 3.63) is 34.4 Å². The van der Waals surface area contributed by atoms with Crippen LogP contribution in [0.1, 0.15) is 73.5 Å². The molecule has 3 nitrogen and oxygen atoms in total. The second kappa shape index (κ2) is 5.19. The molecule has 0 aromatic heterocycles. The number of Topliss-reactive ketones (excluding diaryl/α,β-unsaturated/α-hetero) is 1. The summed E-state index contributed by atoms with van der Waals surface area (Å²) in [6.45, 7) is 8.16. The Hall–Kier alpha value is -1.64. The zero-order chi connectivity index (χ0) is 17.0. The first-order chi connectivity index (χ1) is 10.8. The maximum atomic E-state index is 12.9. The normalized spacial score (nSPS) is 33.0. The lowest BCUT2D eigenvalue weighted by Gasteiger charge is -2.53. The molecule has 2 aliphatic rings. The van der Waals surface area contributed by atoms with E-state index in [9.17, 15) is 14.7 Å². The van der Waals surface area contributed by atoms with Gasteiger partial charge in [-0.15, -0.1) is 0 Å². The maximum Gasteiger partial charge on any atom is 0.309 e. The van der Waals surface area contributed by atoms with Gasteiger partial charge in [0.2, 0.25) is 0 Å². The van der Waals surface area contributed by atoms with Gasteiger partial charge in [0.05, 0.1) is 5.41 Å². The molecule has 0 heterocycles. The number of hydrogen-bond acceptors (Lipinski definition) is 2. The molecular weight excluding hydrogens is 288 g/mol. The van der Waals surface area contributed by atoms with E-state index < -0.39 is 11.4 Å². The molecule has 3 unspecified atom stereocenters. The number of fused-ring (bicyclic) bond motifs is 3. The number of carbonyl (C=O) groups excluding carboxylic acids is 1. The smallest absolute Gasteiger partial charge is 0.309 e. The SMILES string of the molecule is CCc1c(C)ccc2c1C(=O)CC1C(C)(C(=O)O)CCCC21C. The number of hydrogen-bond donors (Lipinski definition) is 1. The van der Waals surface area contributed by atoms with Crippen molar-refractivity contribution in [3.63, 3.8) is 0 Å². The Balaban J connectivity index is 2.24. The summed E-state index contributed by atoms with van der Waals surface area (Å²) in [5, 5.41) is 9.82. The number of aliphatic carboxylic acids is 1. The third-order valence-corrected chi connectivity index (χ3v) is 6.60. The van der Waals surface area contributed by atoms with Crippen LogP contribution in [-0.4, -0.2) is 16.9 Å². The van der Waals surface area contributed by atoms with Crippen molar-refractivity contribution in [1.29, 1.82) is 0 Å². The van der Waals surface area contributed by atoms with E-state index in [-0.39, 0.29) is 17.1 Å². The number of carbonyl (C=O) groups is 2. The van der Waals surface area contributed by atoms with E-state index in [0.29, 0.717) is 12.8 Å². The topological polar surface area (TPSA) is 54.4 Å². The van der Waals surface area contributed by atoms with Crippen molar-refractivity contribution >= 4 is 11.8 Å². The molecule has 1 fully saturated rings. The van der Waals surface area contributed by atoms with Crippen molar-refractivity contribution in [2.24, 2.45) is 11.3 Å². The molecular formula is C20H26O3. The highest BCUT2D eigenvalue weighted by atomic mass is 16.4. The number of benzene rings is 1. The summed E-state index contributed by atoms with van der Waals surface area (Å²) in [7, 11) is 0. The van der Waals surface area contributed by atoms with Crippen LogP contribution in [0.25, 0.3) is 0 Å². The van der Waals surface area contributed by atoms with Crippen LogP contribution in [0.15, 0.2) is 12.1 Å². The molecule has 3 rings (SSSR count). The number of carboxylic acid groups (broad SMARTS) is 1. The molecule has 0 amide bonds. The van der Waals surface area contributed by atoms with Gasteiger partial charge in [-0.2, -0.15) is 0 Å². The monoisotopic (exact) mass is 314 g/mol. The Morgan fingerprint density at radius 2 is 2.00 bits per heavy atom. The Morgan fingerprint density at radius 1 is 1.30 bits per heavy atom. The zero-order valence-corrected chi connectivity index (χ0v) is 14.5. The van der Waals surface area contributed by atoms with Crippen LogP contribution in [0.4, 0.5) is 0 Å². The molecule has 1 aromatic rings. The molecule has 124 valence electrons. The molecule has 1 aromatic carbocycles. The van der Waals surface area contributed by atoms with Crippen molar-refractivity contribution in [1.82, 2.24) is 0 Å². The Morgan fingerprint density at radius 3 is 2.61 bits per heavy atom. The van der Waals surface area contributed by atoms with Gasteiger partial charge < -0.3 is 5.11 Å². The molecule has 0 spiro atoms. The first-order valence-electron chi connectivity index (χ1n) is 8.65. The van der Waals surface area contributed by atoms with Gasteiger partial charge >= 0.3 is 5.97 Å². The van der Waals surface area contributed by atoms with E-state index in [1.54, 1.807) is 0 Å². The zero-order valence-electron chi connectivity index (χ0n) is 14.5. The van der Waals surface area contributed by atoms with Gasteiger partial charge in [-0.25, -0.2) is 0 Å². The summed E-state index contributed by atoms with van der Waals surface area (Å²) in [4.78, 5) is 24.9. The molecule has 3 atom stereocenters. The van der Waals surface area contributed by atoms with Crippen LogP contribution in [0.2, 0.25) is 0 Å². The molecule has 0 bridgehead atoms. The molecule has 1 saturated carbocycles. The molecule has 1 N–H and O–H groups in total. The molecule has 0 radical (unpaired) electrons. The van der Waals surface area contributed by atoms with Crippen molar-refractivity contribution in [2.75, 3.05) is 0 Å². The summed E-state index contributed by atoms with van der Waals surface area (Å²) < 4.78 is 0. The van der Waals surface area contributed by atoms with E-state index in [4.69, 9.17) is 0 Å². The highest BCUT2D eigenvalue weighted by molar-refractivity contribution is 6.01. The number of ketones is 1. The standard InChI is InChI=1S/C20H26O3/c1-5-13-12(2)7-8-14-17(13)15(21)11-16-19(14,3)9-6-10-20(16,4)18(22)23/h7-8,16H,5-6,9-11H2,1-4H3,(H,22,23). The number of aryl methyl sites for hydroxylation is 1. The van der Waals surface area contributed by atoms with Gasteiger partial charge in [-0.3, -0.25) is 9.59 Å². The fourth-order valence-corrected chi connectivity index (χ4v) is 5.19. The van der Waals surface area contributed by atoms with Crippen LogP contribution >= 0.6 is 0 Å². The minimum absolute atomic E-state index is 0.117. The Labute approximate surface area is 138 Å². The second-order valence-electron chi connectivity index (χ2n) is 7.81. The van der Waals surface area contributed by atoms with Gasteiger partial charge in [0.25, 0.3) is 0 Å². The highest BCUT2D eigenvalue weighted by Crippen LogP contribution is 2.57. The minimum atomic E-state index is -0.808. The van der Waals surface area contributed by atoms with Crippen LogP contribution in [0.3, 0.4) is 0 Å². The Kier molecular flexibility index (Phi) is 3.66. The van der Waals surface area contributed by atoms with Gasteiger partial charge in [-0.1, -0.05) is 32.4 Å². The first-order valence-corrected chi connectivity index (χ1v) is 8.65. The highest BCUT2D eigenvalue weighted by Gasteiger charge is 2.57. The summed E-state index contributed by atoms with van der Waals surface area (Å²) in [6, 6.07) is 4.19. The van der Waals surface area contributed by atoms with E-state index in [0.717, 1.165) is 36.0 Å². The van der Waals surface area contributed by atoms with Crippen LogP contribution in [0, 0.1) is 18.3 Å². The molecule has 23 heavy (non-hydrogen) atoms. The minimum Gasteiger partial charge on any atom is -0.481 e. The van der Waals surface area contributed by atoms with Crippen molar-refractivity contribution in [2.45, 2.75) is 65.2 Å². The van der Waals surface area contributed by atoms with Crippen molar-refractivity contribution < 1.29 is 14.7 Å². The lowest BCUT2D eigenvalue weighted by Crippen LogP contribution is -2.53. The summed E-state index contributed by atoms with van der Waals surface area (Å²) in [6.07, 6.45) is 3.74. The van der Waals surface area contributed by atoms with Crippen LogP contribution in [0.5, 0.6) is 0 Å². The average Bonchev–Trinajstić information content (AvgIpc) is 2.49. The summed E-state index contributed by atoms with van der Waals surface area (Å²) in [5.41, 5.74) is 3.27. The third kappa shape index (κ3) is 2.09. The van der Waals surface area contributed by atoms with Gasteiger partial charge in [0, 0.05) is 12.0 Å². The van der Waals surface area contributed by atoms with Gasteiger partial charge in [0.15, 0.2) is 5.78 Å². The van der Waals surface area contributed by atoms with Crippen LogP contribution < -0.4 is 0 Å². The van der Waals surface area contributed by atoms with Crippen molar-refractivity contribution in [3.8, 4) is 0 Å². The molecule has 3 heteroatoms. The summed E-state index contributed by atoms with van der Waals surface area (Å²) >= 11 is 0. The predicted molar refractivity (Wildman–Crippen MR) is 89.9 cm³/mol. The summed E-state index contributed by atoms with van der Waals surface area (Å²) in [5.74, 6) is -0.737. The number of carboxylic acids is 1. The fraction of sp³-hybridized carbons (Fsp3) is 0.600. The Bertz CT molecular complexity index is 690. The van der Waals surface area contributed by atoms with E-state index in [2.05, 4.69) is 32.9 Å². The van der Waals surface area contributed by atoms with E-state index in [1.165, 1.54) is 5.56 Å². The second-order valence-corrected chi connectivity index (χ2v) is 7.81. The van der Waals surface area contributed by atoms with Gasteiger partial charge in [0.1, 0.15) is 0 Å². The molecule has 2 aliphatic carbocycles. The predicted octanol–water partition coefficient (Wildman–Crippen LogP) is 4.29. The van der Waals surface area contributed by atoms with Gasteiger partial charge in [-0.05, 0) is 61.1 Å². The maximum absolute atomic E-state index is 12.9. The van der Waals surface area contributed by atoms with E-state index >= 15 is 0 Å². The first kappa shape index (κ1) is 16.2. The molecule has 0 aliphatic heterocycles. The fourth-order valence-electron chi connectivity index (χ4n) is 5.19. The lowest BCUT2D eigenvalue weighted by molar-refractivity contribution is -0.156. The number of rotatable bonds is 2. The lowest BCUT2D eigenvalue weighted by atomic mass is 9.49. The van der Waals surface area contributed by atoms with Crippen LogP contribution in [-0.2, 0) is 16.6 Å². The average molecular weight is 314 g/mol. The molecule has 0 saturated heterocycles. The third-order valence-electron chi connectivity index (χ3n) is 6.60.